The number of aliphatic hydroxyl groups is 3. The van der Waals surface area contributed by atoms with Gasteiger partial charge in [-0.05, 0) is 5.92 Å². The van der Waals surface area contributed by atoms with Crippen molar-refractivity contribution in [3.63, 3.8) is 0 Å². The van der Waals surface area contributed by atoms with Crippen LogP contribution >= 0.6 is 11.8 Å². The molecule has 2 aromatic rings. The Hall–Kier alpha value is -5.58. The zero-order valence-electron chi connectivity index (χ0n) is 34.8. The number of nitrogens with zero attached hydrogens (tertiary/aromatic N) is 2. The Balaban J connectivity index is 1.84. The van der Waals surface area contributed by atoms with E-state index in [1.54, 1.807) is 35.0 Å². The first-order chi connectivity index (χ1) is 29.3. The zero-order valence-corrected chi connectivity index (χ0v) is 35.7. The number of nitrogens with one attached hydrogen (secondary N) is 5. The zero-order chi connectivity index (χ0) is 45.8. The molecule has 1 aromatic heterocycles. The Morgan fingerprint density at radius 3 is 2.29 bits per heavy atom. The number of benzene rings is 1. The quantitative estimate of drug-likeness (QED) is 0.0842. The molecule has 8 unspecified atom stereocenters. The monoisotopic (exact) mass is 887 g/mol. The summed E-state index contributed by atoms with van der Waals surface area (Å²) in [6.45, 7) is 2.58. The summed E-state index contributed by atoms with van der Waals surface area (Å²) in [5.41, 5.74) is 10.8. The average molecular weight is 888 g/mol. The summed E-state index contributed by atoms with van der Waals surface area (Å²) in [6, 6.07) is 0.724. The number of hydrogen-bond acceptors (Lipinski definition) is 13. The van der Waals surface area contributed by atoms with Crippen molar-refractivity contribution in [2.75, 3.05) is 32.0 Å². The number of rotatable bonds is 15. The summed E-state index contributed by atoms with van der Waals surface area (Å²) in [4.78, 5) is 121. The van der Waals surface area contributed by atoms with E-state index in [1.807, 2.05) is 13.8 Å². The molecule has 21 nitrogen and oxygen atoms in total. The summed E-state index contributed by atoms with van der Waals surface area (Å²) < 4.78 is 1.61. The fourth-order valence-corrected chi connectivity index (χ4v) is 8.45. The van der Waals surface area contributed by atoms with Crippen LogP contribution < -0.4 is 38.1 Å². The van der Waals surface area contributed by atoms with Crippen molar-refractivity contribution in [2.24, 2.45) is 29.2 Å². The van der Waals surface area contributed by atoms with E-state index < -0.39 is 134 Å². The van der Waals surface area contributed by atoms with Crippen molar-refractivity contribution in [2.45, 2.75) is 101 Å². The van der Waals surface area contributed by atoms with Crippen LogP contribution in [0.1, 0.15) is 52.9 Å². The van der Waals surface area contributed by atoms with Gasteiger partial charge in [0.05, 0.1) is 55.8 Å². The Labute approximate surface area is 361 Å². The fourth-order valence-electron chi connectivity index (χ4n) is 7.19. The number of aliphatic hydroxyl groups excluding tert-OH is 3. The molecule has 340 valence electrons. The lowest BCUT2D eigenvalue weighted by atomic mass is 9.94. The van der Waals surface area contributed by atoms with Crippen molar-refractivity contribution >= 4 is 75.6 Å². The van der Waals surface area contributed by atoms with Gasteiger partial charge in [0.15, 0.2) is 5.78 Å². The first-order valence-electron chi connectivity index (χ1n) is 20.3. The van der Waals surface area contributed by atoms with Gasteiger partial charge in [-0.15, -0.1) is 11.8 Å². The topological polar surface area (TPSA) is 335 Å². The van der Waals surface area contributed by atoms with Crippen LogP contribution in [-0.4, -0.2) is 146 Å². The van der Waals surface area contributed by atoms with Crippen LogP contribution in [-0.2, 0) is 49.7 Å². The summed E-state index contributed by atoms with van der Waals surface area (Å²) in [7, 11) is 0. The van der Waals surface area contributed by atoms with Gasteiger partial charge in [0, 0.05) is 54.4 Å². The van der Waals surface area contributed by atoms with Crippen molar-refractivity contribution in [3.8, 4) is 0 Å². The molecule has 0 bridgehead atoms. The van der Waals surface area contributed by atoms with Crippen molar-refractivity contribution in [1.29, 1.82) is 0 Å². The Morgan fingerprint density at radius 1 is 0.919 bits per heavy atom. The minimum atomic E-state index is -1.67. The van der Waals surface area contributed by atoms with Gasteiger partial charge >= 0.3 is 0 Å². The molecule has 1 aromatic carbocycles. The largest absolute Gasteiger partial charge is 0.394 e. The van der Waals surface area contributed by atoms with Gasteiger partial charge in [-0.3, -0.25) is 43.2 Å². The molecule has 0 saturated carbocycles. The Morgan fingerprint density at radius 2 is 1.63 bits per heavy atom. The van der Waals surface area contributed by atoms with Crippen molar-refractivity contribution in [1.82, 2.24) is 36.1 Å². The van der Waals surface area contributed by atoms with Gasteiger partial charge in [-0.25, -0.2) is 0 Å². The molecule has 2 aliphatic rings. The van der Waals surface area contributed by atoms with E-state index in [2.05, 4.69) is 26.6 Å². The summed E-state index contributed by atoms with van der Waals surface area (Å²) in [6.07, 6.45) is -1.78. The van der Waals surface area contributed by atoms with Crippen LogP contribution in [0.25, 0.3) is 10.8 Å². The number of ketones is 1. The number of Topliss-reactive ketones (excluding diaryl/α,β-unsaturated/α-hetero) is 1. The van der Waals surface area contributed by atoms with Crippen molar-refractivity contribution in [3.05, 3.63) is 30.5 Å². The number of thioether (sulfide) groups is 1. The average Bonchev–Trinajstić information content (AvgIpc) is 3.79. The van der Waals surface area contributed by atoms with Gasteiger partial charge < -0.3 is 62.8 Å². The predicted molar refractivity (Wildman–Crippen MR) is 223 cm³/mol. The van der Waals surface area contributed by atoms with Gasteiger partial charge in [-0.2, -0.15) is 0 Å². The molecule has 0 spiro atoms. The van der Waals surface area contributed by atoms with E-state index in [0.29, 0.717) is 15.8 Å². The fraction of sp³-hybridized carbons (Fsp3) is 0.575. The molecule has 22 heteroatoms. The van der Waals surface area contributed by atoms with E-state index >= 15 is 0 Å². The molecule has 4 rings (SSSR count). The lowest BCUT2D eigenvalue weighted by Crippen LogP contribution is -2.61. The molecule has 12 N–H and O–H groups in total. The van der Waals surface area contributed by atoms with Crippen LogP contribution in [0.3, 0.4) is 0 Å². The minimum Gasteiger partial charge on any atom is -0.394 e. The van der Waals surface area contributed by atoms with Gasteiger partial charge in [0.1, 0.15) is 24.2 Å². The lowest BCUT2D eigenvalue weighted by Gasteiger charge is -2.32. The summed E-state index contributed by atoms with van der Waals surface area (Å²) >= 11 is 1.10. The van der Waals surface area contributed by atoms with Gasteiger partial charge in [0.2, 0.25) is 47.3 Å². The molecule has 62 heavy (non-hydrogen) atoms. The van der Waals surface area contributed by atoms with Gasteiger partial charge in [-0.1, -0.05) is 51.5 Å². The first kappa shape index (κ1) is 49.1. The normalized spacial score (nSPS) is 24.2. The summed E-state index contributed by atoms with van der Waals surface area (Å²) in [5.74, 6) is -9.96. The second kappa shape index (κ2) is 22.5. The van der Waals surface area contributed by atoms with E-state index in [9.17, 15) is 58.5 Å². The number of primary amides is 2. The first-order valence-corrected chi connectivity index (χ1v) is 21.3. The molecule has 1 saturated heterocycles. The standard InChI is InChI=1S/C40H57N9O12S/c1-4-20(2)9-33(56)43-13-24(51)10-23-19-62-40-26-8-6-5-7-22(26)15-48(40)17-28(36(58)44-14-32(42)55)46-38(60)34(21(3)30(53)18-50)47-37(59)29-11-25(52)16-49(29)39(61)27(12-31(41)54)45-35(23)57/h5-8,15,20-21,23,25,27-30,34,50,52-53H,4,9-14,16-19H2,1-3H3,(H2,41,54)(H2,42,55)(H,43,56)(H,44,58)(H,45,57)(H,46,60)(H,47,59)/t20?,21?,23-,25?,27?,28?,29?,30?,34?/m0/s1. The van der Waals surface area contributed by atoms with E-state index in [0.717, 1.165) is 23.1 Å². The number of fused-ring (bicyclic) bond motifs is 4. The van der Waals surface area contributed by atoms with Crippen LogP contribution in [0, 0.1) is 17.8 Å². The highest BCUT2D eigenvalue weighted by molar-refractivity contribution is 7.99. The van der Waals surface area contributed by atoms with E-state index in [4.69, 9.17) is 11.5 Å². The Bertz CT molecular complexity index is 2010. The van der Waals surface area contributed by atoms with E-state index in [-0.39, 0.29) is 37.0 Å². The second-order valence-electron chi connectivity index (χ2n) is 15.9. The predicted octanol–water partition coefficient (Wildman–Crippen LogP) is -3.24. The molecule has 8 amide bonds. The molecule has 0 radical (unpaired) electrons. The third-order valence-electron chi connectivity index (χ3n) is 11.0. The SMILES string of the molecule is CCC(C)CC(=O)NCC(=O)C[C@H]1CSc2c3ccccc3cn2CC(C(=O)NCC(N)=O)NC(=O)C(C(C)C(O)CO)NC(=O)C2CC(O)CN2C(=O)C(CC(N)=O)NC1=O. The number of aromatic nitrogens is 1. The van der Waals surface area contributed by atoms with Crippen LogP contribution in [0.5, 0.6) is 0 Å². The molecule has 0 aliphatic carbocycles. The van der Waals surface area contributed by atoms with Crippen LogP contribution in [0.2, 0.25) is 0 Å². The molecular weight excluding hydrogens is 831 g/mol. The number of carbonyl (C=O) groups excluding carboxylic acids is 9. The number of nitrogens with two attached hydrogens (primary N) is 2. The molecule has 1 fully saturated rings. The smallest absolute Gasteiger partial charge is 0.246 e. The minimum absolute atomic E-state index is 0.0634. The third kappa shape index (κ3) is 13.2. The van der Waals surface area contributed by atoms with Gasteiger partial charge in [0.25, 0.3) is 0 Å². The highest BCUT2D eigenvalue weighted by atomic mass is 32.2. The lowest BCUT2D eigenvalue weighted by molar-refractivity contribution is -0.144. The molecular formula is C40H57N9O12S. The Kier molecular flexibility index (Phi) is 17.8. The maximum absolute atomic E-state index is 14.2. The highest BCUT2D eigenvalue weighted by Crippen LogP contribution is 2.33. The maximum atomic E-state index is 14.2. The van der Waals surface area contributed by atoms with E-state index in [1.165, 1.54) is 6.92 Å². The second-order valence-corrected chi connectivity index (χ2v) is 16.9. The molecule has 3 heterocycles. The molecule has 2 aliphatic heterocycles. The van der Waals surface area contributed by atoms with Crippen LogP contribution in [0.15, 0.2) is 35.5 Å². The molecule has 9 atom stereocenters. The number of carbonyl (C=O) groups is 9. The van der Waals surface area contributed by atoms with Crippen LogP contribution in [0.4, 0.5) is 0 Å². The number of hydrogen-bond donors (Lipinski definition) is 10. The summed E-state index contributed by atoms with van der Waals surface area (Å²) in [5, 5.41) is 45.5. The van der Waals surface area contributed by atoms with Crippen molar-refractivity contribution < 1.29 is 58.5 Å². The maximum Gasteiger partial charge on any atom is 0.246 e. The third-order valence-corrected chi connectivity index (χ3v) is 12.3. The number of amides is 8. The highest BCUT2D eigenvalue weighted by Gasteiger charge is 2.44.